The van der Waals surface area contributed by atoms with Crippen LogP contribution in [0.1, 0.15) is 22.8 Å². The topological polar surface area (TPSA) is 55.4 Å². The lowest BCUT2D eigenvalue weighted by atomic mass is 10.0. The van der Waals surface area contributed by atoms with Crippen molar-refractivity contribution >= 4 is 27.0 Å². The highest BCUT2D eigenvalue weighted by atomic mass is 79.9. The van der Waals surface area contributed by atoms with Crippen LogP contribution in [0.15, 0.2) is 50.1 Å². The molecule has 0 fully saturated rings. The number of aliphatic hydroxyl groups excluding tert-OH is 1. The molecule has 0 aliphatic carbocycles. The molecule has 108 valence electrons. The lowest BCUT2D eigenvalue weighted by molar-refractivity contribution is 0.220. The average Bonchev–Trinajstić information content (AvgIpc) is 2.76. The maximum Gasteiger partial charge on any atom is 0.419 e. The molecule has 3 rings (SSSR count). The van der Waals surface area contributed by atoms with Crippen LogP contribution in [0.5, 0.6) is 0 Å². The van der Waals surface area contributed by atoms with E-state index in [2.05, 4.69) is 15.9 Å². The smallest absolute Gasteiger partial charge is 0.408 e. The lowest BCUT2D eigenvalue weighted by Crippen LogP contribution is -2.08. The molecular weight excluding hydrogens is 334 g/mol. The van der Waals surface area contributed by atoms with Gasteiger partial charge in [0.1, 0.15) is 6.10 Å². The van der Waals surface area contributed by atoms with E-state index in [1.807, 2.05) is 25.1 Å². The number of aromatic nitrogens is 1. The number of nitrogens with zero attached hydrogens (tertiary/aromatic N) is 1. The fourth-order valence-electron chi connectivity index (χ4n) is 2.29. The van der Waals surface area contributed by atoms with Crippen LogP contribution in [0.3, 0.4) is 0 Å². The van der Waals surface area contributed by atoms with Crippen molar-refractivity contribution in [3.05, 3.63) is 68.1 Å². The number of hydrogen-bond acceptors (Lipinski definition) is 3. The lowest BCUT2D eigenvalue weighted by Gasteiger charge is -2.12. The molecule has 0 saturated carbocycles. The zero-order valence-corrected chi connectivity index (χ0v) is 13.2. The Hall–Kier alpha value is -1.85. The van der Waals surface area contributed by atoms with E-state index < -0.39 is 11.9 Å². The maximum atomic E-state index is 11.5. The fraction of sp³-hybridized carbons (Fsp3) is 0.188. The van der Waals surface area contributed by atoms with Gasteiger partial charge < -0.3 is 9.52 Å². The van der Waals surface area contributed by atoms with E-state index in [4.69, 9.17) is 4.42 Å². The molecular formula is C16H14BrNO3. The number of halogens is 1. The molecule has 0 saturated heterocycles. The van der Waals surface area contributed by atoms with Crippen molar-refractivity contribution in [2.45, 2.75) is 13.0 Å². The monoisotopic (exact) mass is 347 g/mol. The highest BCUT2D eigenvalue weighted by Crippen LogP contribution is 2.28. The Kier molecular flexibility index (Phi) is 3.47. The standard InChI is InChI=1S/C16H14BrNO3/c1-9-3-4-10(7-12(9)17)15(19)11-5-6-13-14(8-11)21-16(20)18(13)2/h3-8,15,19H,1-2H3. The van der Waals surface area contributed by atoms with Gasteiger partial charge in [-0.1, -0.05) is 34.1 Å². The minimum absolute atomic E-state index is 0.408. The van der Waals surface area contributed by atoms with Crippen molar-refractivity contribution in [2.24, 2.45) is 7.05 Å². The SMILES string of the molecule is Cc1ccc(C(O)c2ccc3c(c2)oc(=O)n3C)cc1Br. The van der Waals surface area contributed by atoms with Gasteiger partial charge in [-0.15, -0.1) is 0 Å². The Bertz CT molecular complexity index is 879. The summed E-state index contributed by atoms with van der Waals surface area (Å²) >= 11 is 3.47. The van der Waals surface area contributed by atoms with E-state index >= 15 is 0 Å². The number of aryl methyl sites for hydroxylation is 2. The second-order valence-corrected chi connectivity index (χ2v) is 5.92. The number of fused-ring (bicyclic) bond motifs is 1. The predicted octanol–water partition coefficient (Wildman–Crippen LogP) is 3.28. The van der Waals surface area contributed by atoms with Crippen molar-refractivity contribution < 1.29 is 9.52 Å². The summed E-state index contributed by atoms with van der Waals surface area (Å²) in [6.45, 7) is 1.99. The Labute approximate surface area is 129 Å². The molecule has 0 bridgehead atoms. The number of aliphatic hydroxyl groups is 1. The Morgan fingerprint density at radius 3 is 2.57 bits per heavy atom. The number of benzene rings is 2. The Morgan fingerprint density at radius 1 is 1.19 bits per heavy atom. The van der Waals surface area contributed by atoms with Gasteiger partial charge in [0.15, 0.2) is 5.58 Å². The van der Waals surface area contributed by atoms with E-state index in [0.717, 1.165) is 15.6 Å². The number of hydrogen-bond donors (Lipinski definition) is 1. The highest BCUT2D eigenvalue weighted by Gasteiger charge is 2.14. The summed E-state index contributed by atoms with van der Waals surface area (Å²) in [7, 11) is 1.65. The first-order chi connectivity index (χ1) is 9.97. The van der Waals surface area contributed by atoms with Gasteiger partial charge in [0.05, 0.1) is 5.52 Å². The molecule has 1 unspecified atom stereocenters. The molecule has 1 aromatic heterocycles. The normalized spacial score (nSPS) is 12.8. The summed E-state index contributed by atoms with van der Waals surface area (Å²) in [5, 5.41) is 10.5. The molecule has 0 amide bonds. The van der Waals surface area contributed by atoms with Gasteiger partial charge >= 0.3 is 5.76 Å². The second kappa shape index (κ2) is 5.16. The van der Waals surface area contributed by atoms with Crippen LogP contribution < -0.4 is 5.76 Å². The van der Waals surface area contributed by atoms with Gasteiger partial charge in [-0.2, -0.15) is 0 Å². The zero-order chi connectivity index (χ0) is 15.1. The maximum absolute atomic E-state index is 11.5. The molecule has 0 spiro atoms. The largest absolute Gasteiger partial charge is 0.419 e. The molecule has 3 aromatic rings. The minimum atomic E-state index is -0.767. The molecule has 1 heterocycles. The van der Waals surface area contributed by atoms with Crippen molar-refractivity contribution in [1.29, 1.82) is 0 Å². The fourth-order valence-corrected chi connectivity index (χ4v) is 2.69. The van der Waals surface area contributed by atoms with Crippen LogP contribution in [0.2, 0.25) is 0 Å². The quantitative estimate of drug-likeness (QED) is 0.773. The average molecular weight is 348 g/mol. The second-order valence-electron chi connectivity index (χ2n) is 5.07. The predicted molar refractivity (Wildman–Crippen MR) is 84.4 cm³/mol. The van der Waals surface area contributed by atoms with Gasteiger partial charge in [-0.3, -0.25) is 4.57 Å². The zero-order valence-electron chi connectivity index (χ0n) is 11.6. The molecule has 0 aliphatic rings. The minimum Gasteiger partial charge on any atom is -0.408 e. The first-order valence-corrected chi connectivity index (χ1v) is 7.30. The van der Waals surface area contributed by atoms with Crippen molar-refractivity contribution in [1.82, 2.24) is 4.57 Å². The molecule has 21 heavy (non-hydrogen) atoms. The van der Waals surface area contributed by atoms with Crippen LogP contribution in [-0.4, -0.2) is 9.67 Å². The van der Waals surface area contributed by atoms with Crippen LogP contribution in [-0.2, 0) is 7.05 Å². The Balaban J connectivity index is 2.06. The summed E-state index contributed by atoms with van der Waals surface area (Å²) in [6, 6.07) is 11.0. The van der Waals surface area contributed by atoms with Gasteiger partial charge in [0, 0.05) is 11.5 Å². The summed E-state index contributed by atoms with van der Waals surface area (Å²) in [5.74, 6) is -0.408. The number of oxazole rings is 1. The third-order valence-corrected chi connectivity index (χ3v) is 4.50. The van der Waals surface area contributed by atoms with Gasteiger partial charge in [-0.05, 0) is 41.8 Å². The molecule has 2 aromatic carbocycles. The van der Waals surface area contributed by atoms with Crippen molar-refractivity contribution in [3.8, 4) is 0 Å². The molecule has 1 N–H and O–H groups in total. The Morgan fingerprint density at radius 2 is 1.86 bits per heavy atom. The first kappa shape index (κ1) is 14.1. The highest BCUT2D eigenvalue weighted by molar-refractivity contribution is 9.10. The molecule has 0 radical (unpaired) electrons. The van der Waals surface area contributed by atoms with E-state index in [0.29, 0.717) is 16.7 Å². The van der Waals surface area contributed by atoms with Crippen LogP contribution in [0.4, 0.5) is 0 Å². The van der Waals surface area contributed by atoms with E-state index in [1.54, 1.807) is 25.2 Å². The summed E-state index contributed by atoms with van der Waals surface area (Å²) in [6.07, 6.45) is -0.767. The molecule has 4 nitrogen and oxygen atoms in total. The summed E-state index contributed by atoms with van der Waals surface area (Å²) < 4.78 is 7.54. The van der Waals surface area contributed by atoms with E-state index in [9.17, 15) is 9.90 Å². The van der Waals surface area contributed by atoms with Gasteiger partial charge in [-0.25, -0.2) is 4.79 Å². The van der Waals surface area contributed by atoms with Gasteiger partial charge in [0.25, 0.3) is 0 Å². The van der Waals surface area contributed by atoms with Crippen LogP contribution in [0.25, 0.3) is 11.1 Å². The van der Waals surface area contributed by atoms with Gasteiger partial charge in [0.2, 0.25) is 0 Å². The third kappa shape index (κ3) is 2.43. The number of rotatable bonds is 2. The van der Waals surface area contributed by atoms with Crippen LogP contribution in [0, 0.1) is 6.92 Å². The first-order valence-electron chi connectivity index (χ1n) is 6.51. The summed E-state index contributed by atoms with van der Waals surface area (Å²) in [4.78, 5) is 11.5. The molecule has 1 atom stereocenters. The van der Waals surface area contributed by atoms with E-state index in [-0.39, 0.29) is 0 Å². The summed E-state index contributed by atoms with van der Waals surface area (Å²) in [5.41, 5.74) is 3.76. The van der Waals surface area contributed by atoms with Crippen LogP contribution >= 0.6 is 15.9 Å². The van der Waals surface area contributed by atoms with Crippen molar-refractivity contribution in [3.63, 3.8) is 0 Å². The molecule has 0 aliphatic heterocycles. The van der Waals surface area contributed by atoms with E-state index in [1.165, 1.54) is 4.57 Å². The van der Waals surface area contributed by atoms with Crippen molar-refractivity contribution in [2.75, 3.05) is 0 Å². The third-order valence-electron chi connectivity index (χ3n) is 3.64. The molecule has 5 heteroatoms.